The zero-order chi connectivity index (χ0) is 24.9. The number of hydrogen-bond donors (Lipinski definition) is 1. The number of carbonyl (C=O) groups is 1. The molecule has 1 unspecified atom stereocenters. The highest BCUT2D eigenvalue weighted by Crippen LogP contribution is 2.24. The van der Waals surface area contributed by atoms with Crippen molar-refractivity contribution in [3.05, 3.63) is 66.5 Å². The van der Waals surface area contributed by atoms with Crippen LogP contribution in [0.15, 0.2) is 60.9 Å². The van der Waals surface area contributed by atoms with E-state index >= 15 is 0 Å². The highest BCUT2D eigenvalue weighted by atomic mass is 16.5. The first-order chi connectivity index (χ1) is 17.1. The first-order valence-corrected chi connectivity index (χ1v) is 13.0. The van der Waals surface area contributed by atoms with Crippen LogP contribution in [-0.2, 0) is 11.2 Å². The van der Waals surface area contributed by atoms with Gasteiger partial charge in [-0.25, -0.2) is 14.8 Å². The van der Waals surface area contributed by atoms with Crippen molar-refractivity contribution in [2.45, 2.75) is 84.2 Å². The van der Waals surface area contributed by atoms with Gasteiger partial charge in [-0.05, 0) is 54.7 Å². The average molecular weight is 475 g/mol. The van der Waals surface area contributed by atoms with Gasteiger partial charge in [0.15, 0.2) is 11.9 Å². The smallest absolute Gasteiger partial charge is 0.344 e. The molecular weight excluding hydrogens is 436 g/mol. The molecule has 0 bridgehead atoms. The van der Waals surface area contributed by atoms with E-state index in [1.165, 1.54) is 56.9 Å². The SMILES string of the molecule is CCCCCCCCCCc1ccc(-c2cnc(-c3ccc(OC(CC)C(=O)O)cc3)nc2)cc1. The van der Waals surface area contributed by atoms with Crippen molar-refractivity contribution in [2.75, 3.05) is 0 Å². The standard InChI is InChI=1S/C30H38N2O3/c1-3-5-6-7-8-9-10-11-12-23-13-15-24(16-14-23)26-21-31-29(32-22-26)25-17-19-27(20-18-25)35-28(4-2)30(33)34/h13-22,28H,3-12H2,1-2H3,(H,33,34). The molecule has 1 heterocycles. The number of rotatable bonds is 15. The van der Waals surface area contributed by atoms with Crippen molar-refractivity contribution >= 4 is 5.97 Å². The molecule has 3 rings (SSSR count). The van der Waals surface area contributed by atoms with Crippen molar-refractivity contribution in [1.82, 2.24) is 9.97 Å². The van der Waals surface area contributed by atoms with E-state index in [0.717, 1.165) is 23.1 Å². The van der Waals surface area contributed by atoms with Crippen LogP contribution < -0.4 is 4.74 Å². The van der Waals surface area contributed by atoms with Crippen molar-refractivity contribution in [2.24, 2.45) is 0 Å². The summed E-state index contributed by atoms with van der Waals surface area (Å²) in [5.41, 5.74) is 4.33. The van der Waals surface area contributed by atoms with Gasteiger partial charge < -0.3 is 9.84 Å². The van der Waals surface area contributed by atoms with Crippen molar-refractivity contribution in [3.8, 4) is 28.3 Å². The zero-order valence-electron chi connectivity index (χ0n) is 21.1. The van der Waals surface area contributed by atoms with Gasteiger partial charge in [-0.3, -0.25) is 0 Å². The normalized spacial score (nSPS) is 11.8. The molecule has 1 atom stereocenters. The maximum absolute atomic E-state index is 11.2. The molecular formula is C30H38N2O3. The third-order valence-corrected chi connectivity index (χ3v) is 6.30. The highest BCUT2D eigenvalue weighted by molar-refractivity contribution is 5.72. The molecule has 0 amide bonds. The summed E-state index contributed by atoms with van der Waals surface area (Å²) >= 11 is 0. The number of carboxylic acid groups (broad SMARTS) is 1. The molecule has 0 aliphatic rings. The number of benzene rings is 2. The molecule has 2 aromatic carbocycles. The molecule has 0 saturated carbocycles. The first kappa shape index (κ1) is 26.4. The van der Waals surface area contributed by atoms with Crippen LogP contribution in [0.4, 0.5) is 0 Å². The molecule has 1 aromatic heterocycles. The van der Waals surface area contributed by atoms with Crippen molar-refractivity contribution < 1.29 is 14.6 Å². The van der Waals surface area contributed by atoms with E-state index in [2.05, 4.69) is 41.2 Å². The fraction of sp³-hybridized carbons (Fsp3) is 0.433. The molecule has 0 aliphatic heterocycles. The molecule has 5 nitrogen and oxygen atoms in total. The van der Waals surface area contributed by atoms with E-state index in [1.807, 2.05) is 24.5 Å². The average Bonchev–Trinajstić information content (AvgIpc) is 2.89. The summed E-state index contributed by atoms with van der Waals surface area (Å²) in [5, 5.41) is 9.15. The van der Waals surface area contributed by atoms with Crippen LogP contribution in [0.2, 0.25) is 0 Å². The van der Waals surface area contributed by atoms with Gasteiger partial charge in [-0.2, -0.15) is 0 Å². The van der Waals surface area contributed by atoms with Crippen LogP contribution in [0.5, 0.6) is 5.75 Å². The second-order valence-electron chi connectivity index (χ2n) is 9.09. The van der Waals surface area contributed by atoms with Gasteiger partial charge in [0.2, 0.25) is 0 Å². The van der Waals surface area contributed by atoms with Crippen molar-refractivity contribution in [1.29, 1.82) is 0 Å². The summed E-state index contributed by atoms with van der Waals surface area (Å²) in [4.78, 5) is 20.2. The Bertz CT molecular complexity index is 1010. The van der Waals surface area contributed by atoms with Crippen LogP contribution in [0, 0.1) is 0 Å². The second kappa shape index (κ2) is 14.2. The van der Waals surface area contributed by atoms with Crippen molar-refractivity contribution in [3.63, 3.8) is 0 Å². The Balaban J connectivity index is 1.49. The number of carboxylic acids is 1. The topological polar surface area (TPSA) is 72.3 Å². The fourth-order valence-electron chi connectivity index (χ4n) is 4.11. The Kier molecular flexibility index (Phi) is 10.7. The maximum Gasteiger partial charge on any atom is 0.344 e. The maximum atomic E-state index is 11.2. The number of ether oxygens (including phenoxy) is 1. The van der Waals surface area contributed by atoms with Gasteiger partial charge in [-0.1, -0.05) is 83.1 Å². The minimum atomic E-state index is -0.961. The quantitative estimate of drug-likeness (QED) is 0.228. The minimum absolute atomic E-state index is 0.405. The summed E-state index contributed by atoms with van der Waals surface area (Å²) in [6.07, 6.45) is 15.1. The number of aromatic nitrogens is 2. The van der Waals surface area contributed by atoms with E-state index in [0.29, 0.717) is 18.0 Å². The zero-order valence-corrected chi connectivity index (χ0v) is 21.1. The Hall–Kier alpha value is -3.21. The van der Waals surface area contributed by atoms with Crippen LogP contribution in [0.1, 0.15) is 77.2 Å². The summed E-state index contributed by atoms with van der Waals surface area (Å²) in [7, 11) is 0. The number of aryl methyl sites for hydroxylation is 1. The first-order valence-electron chi connectivity index (χ1n) is 13.0. The Morgan fingerprint density at radius 3 is 1.91 bits per heavy atom. The molecule has 5 heteroatoms. The Labute approximate surface area is 209 Å². The van der Waals surface area contributed by atoms with Crippen LogP contribution >= 0.6 is 0 Å². The van der Waals surface area contributed by atoms with Crippen LogP contribution in [0.25, 0.3) is 22.5 Å². The van der Waals surface area contributed by atoms with E-state index in [-0.39, 0.29) is 0 Å². The largest absolute Gasteiger partial charge is 0.479 e. The van der Waals surface area contributed by atoms with Gasteiger partial charge >= 0.3 is 5.97 Å². The molecule has 0 radical (unpaired) electrons. The van der Waals surface area contributed by atoms with E-state index in [9.17, 15) is 4.79 Å². The summed E-state index contributed by atoms with van der Waals surface area (Å²) < 4.78 is 5.52. The van der Waals surface area contributed by atoms with Gasteiger partial charge in [0.1, 0.15) is 5.75 Å². The molecule has 186 valence electrons. The van der Waals surface area contributed by atoms with Gasteiger partial charge in [0, 0.05) is 23.5 Å². The predicted molar refractivity (Wildman–Crippen MR) is 142 cm³/mol. The Morgan fingerprint density at radius 2 is 1.34 bits per heavy atom. The summed E-state index contributed by atoms with van der Waals surface area (Å²) in [6, 6.07) is 15.9. The number of nitrogens with zero attached hydrogens (tertiary/aromatic N) is 2. The molecule has 0 saturated heterocycles. The lowest BCUT2D eigenvalue weighted by atomic mass is 10.0. The summed E-state index contributed by atoms with van der Waals surface area (Å²) in [6.45, 7) is 4.05. The van der Waals surface area contributed by atoms with Gasteiger partial charge in [-0.15, -0.1) is 0 Å². The lowest BCUT2D eigenvalue weighted by molar-refractivity contribution is -0.145. The third kappa shape index (κ3) is 8.50. The van der Waals surface area contributed by atoms with Gasteiger partial charge in [0.25, 0.3) is 0 Å². The number of unbranched alkanes of at least 4 members (excludes halogenated alkanes) is 7. The van der Waals surface area contributed by atoms with Crippen LogP contribution in [-0.4, -0.2) is 27.1 Å². The highest BCUT2D eigenvalue weighted by Gasteiger charge is 2.16. The third-order valence-electron chi connectivity index (χ3n) is 6.30. The Morgan fingerprint density at radius 1 is 0.771 bits per heavy atom. The lowest BCUT2D eigenvalue weighted by Gasteiger charge is -2.13. The molecule has 0 aliphatic carbocycles. The van der Waals surface area contributed by atoms with E-state index < -0.39 is 12.1 Å². The monoisotopic (exact) mass is 474 g/mol. The minimum Gasteiger partial charge on any atom is -0.479 e. The number of hydrogen-bond acceptors (Lipinski definition) is 4. The predicted octanol–water partition coefficient (Wildman–Crippen LogP) is 7.74. The fourth-order valence-corrected chi connectivity index (χ4v) is 4.11. The molecule has 3 aromatic rings. The lowest BCUT2D eigenvalue weighted by Crippen LogP contribution is -2.25. The summed E-state index contributed by atoms with van der Waals surface area (Å²) in [5.74, 6) is 0.181. The van der Waals surface area contributed by atoms with Crippen LogP contribution in [0.3, 0.4) is 0 Å². The molecule has 0 spiro atoms. The van der Waals surface area contributed by atoms with Gasteiger partial charge in [0.05, 0.1) is 0 Å². The van der Waals surface area contributed by atoms with E-state index in [4.69, 9.17) is 9.84 Å². The molecule has 0 fully saturated rings. The molecule has 1 N–H and O–H groups in total. The van der Waals surface area contributed by atoms with E-state index in [1.54, 1.807) is 19.1 Å². The second-order valence-corrected chi connectivity index (χ2v) is 9.09. The molecule has 35 heavy (non-hydrogen) atoms. The number of aliphatic carboxylic acids is 1.